The third-order valence-electron chi connectivity index (χ3n) is 3.40. The highest BCUT2D eigenvalue weighted by Crippen LogP contribution is 2.26. The summed E-state index contributed by atoms with van der Waals surface area (Å²) in [5.74, 6) is 1.80. The third-order valence-corrected chi connectivity index (χ3v) is 3.66. The Morgan fingerprint density at radius 2 is 1.76 bits per heavy atom. The molecular weight excluding hydrogens is 236 g/mol. The molecule has 1 unspecified atom stereocenters. The van der Waals surface area contributed by atoms with E-state index in [0.29, 0.717) is 22.6 Å². The first kappa shape index (κ1) is 12.3. The van der Waals surface area contributed by atoms with Crippen molar-refractivity contribution in [3.05, 3.63) is 22.4 Å². The Bertz CT molecular complexity index is 559. The summed E-state index contributed by atoms with van der Waals surface area (Å²) in [7, 11) is 0. The zero-order chi connectivity index (χ0) is 12.7. The Labute approximate surface area is 106 Å². The van der Waals surface area contributed by atoms with Gasteiger partial charge in [-0.15, -0.1) is 10.2 Å². The first-order valence-corrected chi connectivity index (χ1v) is 6.19. The number of hydrogen-bond acceptors (Lipinski definition) is 3. The van der Waals surface area contributed by atoms with Crippen LogP contribution in [0.1, 0.15) is 43.9 Å². The van der Waals surface area contributed by atoms with Crippen molar-refractivity contribution >= 4 is 17.2 Å². The highest BCUT2D eigenvalue weighted by atomic mass is 35.5. The fraction of sp³-hybridized carbons (Fsp3) is 0.583. The molecule has 0 aliphatic heterocycles. The van der Waals surface area contributed by atoms with Gasteiger partial charge in [-0.05, 0) is 19.8 Å². The maximum absolute atomic E-state index is 6.10. The Morgan fingerprint density at radius 1 is 1.12 bits per heavy atom. The van der Waals surface area contributed by atoms with Gasteiger partial charge < -0.3 is 0 Å². The van der Waals surface area contributed by atoms with Crippen LogP contribution in [0.25, 0.3) is 5.65 Å². The molecular formula is C12H17ClN4. The van der Waals surface area contributed by atoms with Crippen LogP contribution < -0.4 is 0 Å². The van der Waals surface area contributed by atoms with Crippen LogP contribution >= 0.6 is 11.6 Å². The molecule has 0 spiro atoms. The molecule has 0 aliphatic carbocycles. The molecule has 5 heteroatoms. The Morgan fingerprint density at radius 3 is 2.35 bits per heavy atom. The molecule has 2 aromatic rings. The molecule has 0 bridgehead atoms. The molecule has 2 heterocycles. The topological polar surface area (TPSA) is 43.1 Å². The smallest absolute Gasteiger partial charge is 0.198 e. The van der Waals surface area contributed by atoms with E-state index >= 15 is 0 Å². The van der Waals surface area contributed by atoms with Gasteiger partial charge in [0.1, 0.15) is 5.82 Å². The summed E-state index contributed by atoms with van der Waals surface area (Å²) in [5, 5.41) is 8.83. The second-order valence-electron chi connectivity index (χ2n) is 4.82. The summed E-state index contributed by atoms with van der Waals surface area (Å²) in [4.78, 5) is 4.26. The monoisotopic (exact) mass is 252 g/mol. The van der Waals surface area contributed by atoms with Crippen LogP contribution in [0.15, 0.2) is 0 Å². The standard InChI is InChI=1S/C12H17ClN4/c1-6(2)7(3)11-15-16-12-10(13)14-8(4)9(5)17(11)12/h6-7H,1-5H3. The van der Waals surface area contributed by atoms with E-state index in [9.17, 15) is 0 Å². The van der Waals surface area contributed by atoms with Gasteiger partial charge in [0.25, 0.3) is 0 Å². The van der Waals surface area contributed by atoms with Crippen LogP contribution in [0.5, 0.6) is 0 Å². The van der Waals surface area contributed by atoms with Gasteiger partial charge in [0, 0.05) is 11.6 Å². The molecule has 4 nitrogen and oxygen atoms in total. The number of aryl methyl sites for hydroxylation is 2. The van der Waals surface area contributed by atoms with Crippen LogP contribution in [-0.2, 0) is 0 Å². The van der Waals surface area contributed by atoms with Crippen molar-refractivity contribution in [1.29, 1.82) is 0 Å². The van der Waals surface area contributed by atoms with Crippen LogP contribution in [0, 0.1) is 19.8 Å². The summed E-state index contributed by atoms with van der Waals surface area (Å²) < 4.78 is 2.02. The average molecular weight is 253 g/mol. The maximum atomic E-state index is 6.10. The van der Waals surface area contributed by atoms with Crippen molar-refractivity contribution in [1.82, 2.24) is 19.6 Å². The van der Waals surface area contributed by atoms with Crippen LogP contribution in [0.3, 0.4) is 0 Å². The molecule has 0 aliphatic rings. The molecule has 0 fully saturated rings. The normalized spacial score (nSPS) is 13.6. The van der Waals surface area contributed by atoms with Gasteiger partial charge in [0.15, 0.2) is 10.8 Å². The van der Waals surface area contributed by atoms with E-state index in [4.69, 9.17) is 11.6 Å². The minimum Gasteiger partial charge on any atom is -0.279 e. The van der Waals surface area contributed by atoms with E-state index in [2.05, 4.69) is 36.0 Å². The fourth-order valence-corrected chi connectivity index (χ4v) is 2.04. The largest absolute Gasteiger partial charge is 0.279 e. The van der Waals surface area contributed by atoms with Crippen LogP contribution in [0.2, 0.25) is 5.15 Å². The number of aromatic nitrogens is 4. The van der Waals surface area contributed by atoms with E-state index < -0.39 is 0 Å². The molecule has 0 amide bonds. The lowest BCUT2D eigenvalue weighted by molar-refractivity contribution is 0.505. The first-order chi connectivity index (χ1) is 7.93. The molecule has 1 atom stereocenters. The number of rotatable bonds is 2. The summed E-state index contributed by atoms with van der Waals surface area (Å²) in [5.41, 5.74) is 2.62. The summed E-state index contributed by atoms with van der Waals surface area (Å²) in [6.07, 6.45) is 0. The zero-order valence-electron chi connectivity index (χ0n) is 10.8. The van der Waals surface area contributed by atoms with Crippen molar-refractivity contribution in [3.8, 4) is 0 Å². The molecule has 92 valence electrons. The highest BCUT2D eigenvalue weighted by molar-refractivity contribution is 6.32. The van der Waals surface area contributed by atoms with Gasteiger partial charge in [-0.1, -0.05) is 32.4 Å². The minimum absolute atomic E-state index is 0.335. The van der Waals surface area contributed by atoms with Gasteiger partial charge in [0.2, 0.25) is 0 Å². The Kier molecular flexibility index (Phi) is 3.08. The quantitative estimate of drug-likeness (QED) is 0.825. The number of fused-ring (bicyclic) bond motifs is 1. The summed E-state index contributed by atoms with van der Waals surface area (Å²) >= 11 is 6.10. The van der Waals surface area contributed by atoms with Gasteiger partial charge in [-0.2, -0.15) is 0 Å². The zero-order valence-corrected chi connectivity index (χ0v) is 11.6. The molecule has 0 saturated heterocycles. The van der Waals surface area contributed by atoms with Crippen LogP contribution in [-0.4, -0.2) is 19.6 Å². The number of hydrogen-bond donors (Lipinski definition) is 0. The van der Waals surface area contributed by atoms with Gasteiger partial charge in [0.05, 0.1) is 5.69 Å². The predicted octanol–water partition coefficient (Wildman–Crippen LogP) is 3.15. The summed E-state index contributed by atoms with van der Waals surface area (Å²) in [6.45, 7) is 10.5. The van der Waals surface area contributed by atoms with Crippen molar-refractivity contribution in [2.45, 2.75) is 40.5 Å². The van der Waals surface area contributed by atoms with E-state index in [-0.39, 0.29) is 0 Å². The molecule has 2 aromatic heterocycles. The second-order valence-corrected chi connectivity index (χ2v) is 5.18. The Hall–Kier alpha value is -1.16. The Balaban J connectivity index is 2.75. The number of nitrogens with zero attached hydrogens (tertiary/aromatic N) is 4. The first-order valence-electron chi connectivity index (χ1n) is 5.81. The van der Waals surface area contributed by atoms with Crippen molar-refractivity contribution in [2.24, 2.45) is 5.92 Å². The van der Waals surface area contributed by atoms with E-state index in [1.807, 2.05) is 18.2 Å². The summed E-state index contributed by atoms with van der Waals surface area (Å²) in [6, 6.07) is 0. The SMILES string of the molecule is Cc1nc(Cl)c2nnc(C(C)C(C)C)n2c1C. The average Bonchev–Trinajstić information content (AvgIpc) is 2.69. The van der Waals surface area contributed by atoms with Gasteiger partial charge in [-0.25, -0.2) is 4.98 Å². The van der Waals surface area contributed by atoms with Gasteiger partial charge in [-0.3, -0.25) is 4.40 Å². The van der Waals surface area contributed by atoms with E-state index in [1.54, 1.807) is 0 Å². The lowest BCUT2D eigenvalue weighted by Gasteiger charge is -2.15. The maximum Gasteiger partial charge on any atom is 0.198 e. The minimum atomic E-state index is 0.335. The lowest BCUT2D eigenvalue weighted by Crippen LogP contribution is -2.10. The highest BCUT2D eigenvalue weighted by Gasteiger charge is 2.20. The molecule has 2 rings (SSSR count). The molecule has 0 N–H and O–H groups in total. The third kappa shape index (κ3) is 1.90. The fourth-order valence-electron chi connectivity index (χ4n) is 1.79. The van der Waals surface area contributed by atoms with Gasteiger partial charge >= 0.3 is 0 Å². The van der Waals surface area contributed by atoms with Crippen molar-refractivity contribution in [3.63, 3.8) is 0 Å². The molecule has 17 heavy (non-hydrogen) atoms. The van der Waals surface area contributed by atoms with Crippen molar-refractivity contribution < 1.29 is 0 Å². The van der Waals surface area contributed by atoms with Crippen LogP contribution in [0.4, 0.5) is 0 Å². The second kappa shape index (κ2) is 4.26. The molecule has 0 aromatic carbocycles. The molecule has 0 saturated carbocycles. The lowest BCUT2D eigenvalue weighted by atomic mass is 9.97. The molecule has 0 radical (unpaired) electrons. The number of halogens is 1. The predicted molar refractivity (Wildman–Crippen MR) is 68.5 cm³/mol. The van der Waals surface area contributed by atoms with E-state index in [1.165, 1.54) is 0 Å². The van der Waals surface area contributed by atoms with Crippen molar-refractivity contribution in [2.75, 3.05) is 0 Å². The van der Waals surface area contributed by atoms with E-state index in [0.717, 1.165) is 17.2 Å².